The summed E-state index contributed by atoms with van der Waals surface area (Å²) >= 11 is 0. The van der Waals surface area contributed by atoms with E-state index in [9.17, 15) is 9.90 Å². The standard InChI is InChI=1S/C19H29NO2/c1-18-7-5-12(20)9-11(18)10-15(21)17-13-3-4-16(22)19(13,2)8-6-14(17)18/h5,7,11-14,16-17,22H,3-4,6,8-10,20H2,1-2H3/t11?,12?,13-,14+,16?,17-,18-,19-/m0/s1. The Balaban J connectivity index is 1.73. The van der Waals surface area contributed by atoms with Crippen LogP contribution in [-0.4, -0.2) is 23.0 Å². The van der Waals surface area contributed by atoms with Crippen LogP contribution >= 0.6 is 0 Å². The Morgan fingerprint density at radius 1 is 1.23 bits per heavy atom. The third kappa shape index (κ3) is 1.78. The molecular formula is C19H29NO2. The molecule has 0 radical (unpaired) electrons. The van der Waals surface area contributed by atoms with Gasteiger partial charge in [0.05, 0.1) is 6.10 Å². The molecule has 3 heteroatoms. The molecule has 3 N–H and O–H groups in total. The minimum absolute atomic E-state index is 0.0329. The molecule has 3 nitrogen and oxygen atoms in total. The number of fused-ring (bicyclic) bond motifs is 5. The molecule has 8 atom stereocenters. The molecule has 3 unspecified atom stereocenters. The Labute approximate surface area is 133 Å². The molecule has 4 aliphatic carbocycles. The SMILES string of the molecule is C[C@]12C=CC(N)CC1CC(=O)[C@@H]1[C@H]2CC[C@]2(C)C(O)CC[C@@H]12. The number of aliphatic hydroxyl groups excluding tert-OH is 1. The van der Waals surface area contributed by atoms with Crippen LogP contribution in [0.2, 0.25) is 0 Å². The van der Waals surface area contributed by atoms with Gasteiger partial charge in [0.25, 0.3) is 0 Å². The fraction of sp³-hybridized carbons (Fsp3) is 0.842. The van der Waals surface area contributed by atoms with Crippen molar-refractivity contribution in [1.82, 2.24) is 0 Å². The maximum atomic E-state index is 13.0. The van der Waals surface area contributed by atoms with Gasteiger partial charge in [0.1, 0.15) is 5.78 Å². The highest BCUT2D eigenvalue weighted by Gasteiger charge is 2.61. The van der Waals surface area contributed by atoms with Gasteiger partial charge in [-0.05, 0) is 60.7 Å². The molecule has 3 fully saturated rings. The van der Waals surface area contributed by atoms with Crippen LogP contribution < -0.4 is 5.73 Å². The van der Waals surface area contributed by atoms with Gasteiger partial charge in [0, 0.05) is 18.4 Å². The molecule has 0 spiro atoms. The maximum absolute atomic E-state index is 13.0. The highest BCUT2D eigenvalue weighted by molar-refractivity contribution is 5.83. The summed E-state index contributed by atoms with van der Waals surface area (Å²) in [5.74, 6) is 1.87. The largest absolute Gasteiger partial charge is 0.393 e. The molecule has 0 bridgehead atoms. The molecule has 4 rings (SSSR count). The molecule has 122 valence electrons. The molecule has 0 amide bonds. The molecular weight excluding hydrogens is 274 g/mol. The number of ketones is 1. The average molecular weight is 303 g/mol. The summed E-state index contributed by atoms with van der Waals surface area (Å²) in [5.41, 5.74) is 6.20. The first-order valence-electron chi connectivity index (χ1n) is 9.02. The van der Waals surface area contributed by atoms with Crippen molar-refractivity contribution in [3.8, 4) is 0 Å². The van der Waals surface area contributed by atoms with Crippen LogP contribution in [0.3, 0.4) is 0 Å². The highest BCUT2D eigenvalue weighted by atomic mass is 16.3. The smallest absolute Gasteiger partial charge is 0.136 e. The number of aliphatic hydroxyl groups is 1. The first-order chi connectivity index (χ1) is 10.4. The number of allylic oxidation sites excluding steroid dienone is 1. The van der Waals surface area contributed by atoms with Gasteiger partial charge in [-0.1, -0.05) is 26.0 Å². The van der Waals surface area contributed by atoms with Crippen molar-refractivity contribution in [2.45, 2.75) is 64.5 Å². The molecule has 0 aromatic heterocycles. The second kappa shape index (κ2) is 4.67. The van der Waals surface area contributed by atoms with E-state index in [0.29, 0.717) is 30.0 Å². The summed E-state index contributed by atoms with van der Waals surface area (Å²) in [6.07, 6.45) is 9.97. The van der Waals surface area contributed by atoms with Gasteiger partial charge in [0.15, 0.2) is 0 Å². The van der Waals surface area contributed by atoms with Gasteiger partial charge in [-0.15, -0.1) is 0 Å². The van der Waals surface area contributed by atoms with E-state index >= 15 is 0 Å². The summed E-state index contributed by atoms with van der Waals surface area (Å²) in [6.45, 7) is 4.58. The Morgan fingerprint density at radius 2 is 2.00 bits per heavy atom. The third-order valence-electron chi connectivity index (χ3n) is 7.98. The number of rotatable bonds is 0. The molecule has 0 saturated heterocycles. The molecule has 0 aromatic carbocycles. The lowest BCUT2D eigenvalue weighted by Crippen LogP contribution is -2.56. The Kier molecular flexibility index (Phi) is 3.16. The predicted molar refractivity (Wildman–Crippen MR) is 86.0 cm³/mol. The zero-order valence-electron chi connectivity index (χ0n) is 13.8. The van der Waals surface area contributed by atoms with Crippen molar-refractivity contribution >= 4 is 5.78 Å². The fourth-order valence-electron chi connectivity index (χ4n) is 6.50. The van der Waals surface area contributed by atoms with Crippen molar-refractivity contribution in [2.24, 2.45) is 40.2 Å². The van der Waals surface area contributed by atoms with Gasteiger partial charge in [0.2, 0.25) is 0 Å². The van der Waals surface area contributed by atoms with Crippen LogP contribution in [0.5, 0.6) is 0 Å². The highest BCUT2D eigenvalue weighted by Crippen LogP contribution is 2.64. The van der Waals surface area contributed by atoms with Crippen molar-refractivity contribution < 1.29 is 9.90 Å². The number of hydrogen-bond donors (Lipinski definition) is 2. The van der Waals surface area contributed by atoms with E-state index in [1.165, 1.54) is 0 Å². The van der Waals surface area contributed by atoms with Crippen LogP contribution in [0.25, 0.3) is 0 Å². The van der Waals surface area contributed by atoms with E-state index in [2.05, 4.69) is 26.0 Å². The second-order valence-electron chi connectivity index (χ2n) is 8.87. The van der Waals surface area contributed by atoms with Crippen molar-refractivity contribution in [1.29, 1.82) is 0 Å². The second-order valence-corrected chi connectivity index (χ2v) is 8.87. The van der Waals surface area contributed by atoms with E-state index in [0.717, 1.165) is 32.1 Å². The van der Waals surface area contributed by atoms with Gasteiger partial charge in [-0.3, -0.25) is 4.79 Å². The molecule has 0 aromatic rings. The monoisotopic (exact) mass is 303 g/mol. The zero-order valence-corrected chi connectivity index (χ0v) is 13.8. The molecule has 22 heavy (non-hydrogen) atoms. The predicted octanol–water partition coefficient (Wildman–Crippen LogP) is 2.67. The van der Waals surface area contributed by atoms with Crippen LogP contribution in [0, 0.1) is 34.5 Å². The van der Waals surface area contributed by atoms with Crippen molar-refractivity contribution in [3.05, 3.63) is 12.2 Å². The van der Waals surface area contributed by atoms with E-state index in [1.54, 1.807) is 0 Å². The average Bonchev–Trinajstić information content (AvgIpc) is 2.77. The van der Waals surface area contributed by atoms with Crippen LogP contribution in [0.1, 0.15) is 52.4 Å². The number of hydrogen-bond acceptors (Lipinski definition) is 3. The first-order valence-corrected chi connectivity index (χ1v) is 9.02. The molecule has 0 aliphatic heterocycles. The van der Waals surface area contributed by atoms with Crippen LogP contribution in [0.15, 0.2) is 12.2 Å². The van der Waals surface area contributed by atoms with Crippen molar-refractivity contribution in [2.75, 3.05) is 0 Å². The van der Waals surface area contributed by atoms with Gasteiger partial charge in [-0.2, -0.15) is 0 Å². The van der Waals surface area contributed by atoms with E-state index in [4.69, 9.17) is 5.73 Å². The molecule has 4 aliphatic rings. The van der Waals surface area contributed by atoms with Crippen LogP contribution in [-0.2, 0) is 4.79 Å². The number of nitrogens with two attached hydrogens (primary N) is 1. The maximum Gasteiger partial charge on any atom is 0.136 e. The first kappa shape index (κ1) is 14.9. The summed E-state index contributed by atoms with van der Waals surface area (Å²) in [7, 11) is 0. The summed E-state index contributed by atoms with van der Waals surface area (Å²) < 4.78 is 0. The minimum atomic E-state index is -0.216. The minimum Gasteiger partial charge on any atom is -0.393 e. The summed E-state index contributed by atoms with van der Waals surface area (Å²) in [6, 6.07) is 0.115. The molecule has 3 saturated carbocycles. The number of carbonyl (C=O) groups is 1. The van der Waals surface area contributed by atoms with Crippen LogP contribution in [0.4, 0.5) is 0 Å². The Bertz CT molecular complexity index is 530. The molecule has 0 heterocycles. The van der Waals surface area contributed by atoms with E-state index < -0.39 is 0 Å². The van der Waals surface area contributed by atoms with Gasteiger partial charge in [-0.25, -0.2) is 0 Å². The number of Topliss-reactive ketones (excluding diaryl/α,β-unsaturated/α-hetero) is 1. The lowest BCUT2D eigenvalue weighted by Gasteiger charge is -2.58. The van der Waals surface area contributed by atoms with E-state index in [-0.39, 0.29) is 28.9 Å². The lowest BCUT2D eigenvalue weighted by atomic mass is 9.46. The third-order valence-corrected chi connectivity index (χ3v) is 7.98. The van der Waals surface area contributed by atoms with E-state index in [1.807, 2.05) is 0 Å². The fourth-order valence-corrected chi connectivity index (χ4v) is 6.50. The van der Waals surface area contributed by atoms with Gasteiger partial charge < -0.3 is 10.8 Å². The Hall–Kier alpha value is -0.670. The quantitative estimate of drug-likeness (QED) is 0.676. The number of carbonyl (C=O) groups excluding carboxylic acids is 1. The lowest BCUT2D eigenvalue weighted by molar-refractivity contribution is -0.150. The summed E-state index contributed by atoms with van der Waals surface area (Å²) in [5, 5.41) is 10.4. The normalized spacial score (nSPS) is 57.2. The summed E-state index contributed by atoms with van der Waals surface area (Å²) in [4.78, 5) is 13.0. The zero-order chi connectivity index (χ0) is 15.7. The topological polar surface area (TPSA) is 63.3 Å². The van der Waals surface area contributed by atoms with Crippen molar-refractivity contribution in [3.63, 3.8) is 0 Å². The Morgan fingerprint density at radius 3 is 2.77 bits per heavy atom. The van der Waals surface area contributed by atoms with Gasteiger partial charge >= 0.3 is 0 Å².